The summed E-state index contributed by atoms with van der Waals surface area (Å²) in [7, 11) is 0. The zero-order chi connectivity index (χ0) is 16.2. The molecule has 0 aliphatic heterocycles. The van der Waals surface area contributed by atoms with E-state index < -0.39 is 5.97 Å². The van der Waals surface area contributed by atoms with Gasteiger partial charge in [-0.25, -0.2) is 4.79 Å². The van der Waals surface area contributed by atoms with E-state index in [9.17, 15) is 4.79 Å². The highest BCUT2D eigenvalue weighted by Crippen LogP contribution is 2.24. The number of halogens is 1. The molecule has 3 aromatic rings. The van der Waals surface area contributed by atoms with Gasteiger partial charge < -0.3 is 14.8 Å². The number of aromatic carboxylic acids is 1. The minimum absolute atomic E-state index is 0.0848. The zero-order valence-electron chi connectivity index (χ0n) is 12.1. The van der Waals surface area contributed by atoms with Gasteiger partial charge in [0, 0.05) is 11.3 Å². The van der Waals surface area contributed by atoms with Gasteiger partial charge in [-0.05, 0) is 30.3 Å². The molecule has 0 aliphatic rings. The predicted octanol–water partition coefficient (Wildman–Crippen LogP) is 4.91. The number of rotatable bonds is 5. The van der Waals surface area contributed by atoms with Gasteiger partial charge in [0.2, 0.25) is 0 Å². The Bertz CT molecular complexity index is 827. The van der Waals surface area contributed by atoms with Crippen LogP contribution in [0.15, 0.2) is 65.1 Å². The van der Waals surface area contributed by atoms with Gasteiger partial charge in [-0.15, -0.1) is 0 Å². The zero-order valence-corrected chi connectivity index (χ0v) is 12.9. The highest BCUT2D eigenvalue weighted by molar-refractivity contribution is 6.33. The third-order valence-corrected chi connectivity index (χ3v) is 3.70. The first-order valence-electron chi connectivity index (χ1n) is 7.04. The highest BCUT2D eigenvalue weighted by Gasteiger charge is 2.09. The van der Waals surface area contributed by atoms with Crippen molar-refractivity contribution in [2.45, 2.75) is 6.54 Å². The summed E-state index contributed by atoms with van der Waals surface area (Å²) in [6.45, 7) is 0.482. The van der Waals surface area contributed by atoms with Crippen LogP contribution in [0, 0.1) is 0 Å². The fraction of sp³-hybridized carbons (Fsp3) is 0.0556. The minimum Gasteiger partial charge on any atom is -0.478 e. The first-order valence-corrected chi connectivity index (χ1v) is 7.42. The molecule has 1 heterocycles. The van der Waals surface area contributed by atoms with Crippen LogP contribution < -0.4 is 5.32 Å². The van der Waals surface area contributed by atoms with Crippen molar-refractivity contribution in [1.82, 2.24) is 0 Å². The van der Waals surface area contributed by atoms with Gasteiger partial charge in [-0.2, -0.15) is 0 Å². The summed E-state index contributed by atoms with van der Waals surface area (Å²) < 4.78 is 5.79. The molecule has 116 valence electrons. The molecule has 0 saturated carbocycles. The van der Waals surface area contributed by atoms with Crippen LogP contribution in [0.25, 0.3) is 11.3 Å². The summed E-state index contributed by atoms with van der Waals surface area (Å²) in [5, 5.41) is 12.3. The molecule has 0 spiro atoms. The van der Waals surface area contributed by atoms with Crippen LogP contribution >= 0.6 is 11.6 Å². The summed E-state index contributed by atoms with van der Waals surface area (Å²) in [5.74, 6) is 0.545. The number of hydrogen-bond acceptors (Lipinski definition) is 3. The fourth-order valence-corrected chi connectivity index (χ4v) is 2.48. The van der Waals surface area contributed by atoms with E-state index in [0.717, 1.165) is 22.8 Å². The molecule has 1 aromatic heterocycles. The maximum Gasteiger partial charge on any atom is 0.337 e. The van der Waals surface area contributed by atoms with Crippen LogP contribution in [0.5, 0.6) is 0 Å². The lowest BCUT2D eigenvalue weighted by molar-refractivity contribution is 0.0697. The van der Waals surface area contributed by atoms with Crippen LogP contribution in [0.1, 0.15) is 16.1 Å². The number of furan rings is 1. The molecule has 0 saturated heterocycles. The van der Waals surface area contributed by atoms with E-state index in [-0.39, 0.29) is 10.6 Å². The van der Waals surface area contributed by atoms with Gasteiger partial charge >= 0.3 is 5.97 Å². The molecule has 23 heavy (non-hydrogen) atoms. The molecule has 0 radical (unpaired) electrons. The molecule has 5 heteroatoms. The van der Waals surface area contributed by atoms with Crippen molar-refractivity contribution < 1.29 is 14.3 Å². The fourth-order valence-electron chi connectivity index (χ4n) is 2.22. The summed E-state index contributed by atoms with van der Waals surface area (Å²) >= 11 is 5.95. The Balaban J connectivity index is 1.68. The first kappa shape index (κ1) is 15.2. The van der Waals surface area contributed by atoms with Gasteiger partial charge in [-0.3, -0.25) is 0 Å². The normalized spacial score (nSPS) is 10.5. The third-order valence-electron chi connectivity index (χ3n) is 3.39. The summed E-state index contributed by atoms with van der Waals surface area (Å²) in [6, 6.07) is 18.4. The van der Waals surface area contributed by atoms with Crippen molar-refractivity contribution in [3.63, 3.8) is 0 Å². The van der Waals surface area contributed by atoms with E-state index in [2.05, 4.69) is 5.32 Å². The van der Waals surface area contributed by atoms with Gasteiger partial charge in [0.15, 0.2) is 0 Å². The van der Waals surface area contributed by atoms with E-state index in [1.807, 2.05) is 42.5 Å². The lowest BCUT2D eigenvalue weighted by Gasteiger charge is -2.06. The molecule has 2 N–H and O–H groups in total. The average Bonchev–Trinajstić information content (AvgIpc) is 3.02. The lowest BCUT2D eigenvalue weighted by Crippen LogP contribution is -2.01. The number of hydrogen-bond donors (Lipinski definition) is 2. The molecule has 0 aliphatic carbocycles. The number of carboxylic acids is 1. The second kappa shape index (κ2) is 6.58. The molecule has 4 nitrogen and oxygen atoms in total. The Morgan fingerprint density at radius 3 is 2.57 bits per heavy atom. The largest absolute Gasteiger partial charge is 0.478 e. The monoisotopic (exact) mass is 327 g/mol. The molecule has 0 amide bonds. The van der Waals surface area contributed by atoms with Crippen molar-refractivity contribution in [3.8, 4) is 11.3 Å². The van der Waals surface area contributed by atoms with Crippen molar-refractivity contribution in [2.24, 2.45) is 0 Å². The predicted molar refractivity (Wildman–Crippen MR) is 89.9 cm³/mol. The van der Waals surface area contributed by atoms with E-state index >= 15 is 0 Å². The van der Waals surface area contributed by atoms with Crippen molar-refractivity contribution in [3.05, 3.63) is 77.0 Å². The van der Waals surface area contributed by atoms with Gasteiger partial charge in [-0.1, -0.05) is 41.9 Å². The number of anilines is 1. The SMILES string of the molecule is O=C(O)c1ccc(NCc2ccc(-c3ccccc3)o2)cc1Cl. The summed E-state index contributed by atoms with van der Waals surface area (Å²) in [5.41, 5.74) is 1.84. The Labute approximate surface area is 138 Å². The smallest absolute Gasteiger partial charge is 0.337 e. The molecule has 0 unspecified atom stereocenters. The molecular formula is C18H14ClNO3. The summed E-state index contributed by atoms with van der Waals surface area (Å²) in [6.07, 6.45) is 0. The van der Waals surface area contributed by atoms with Gasteiger partial charge in [0.05, 0.1) is 17.1 Å². The second-order valence-electron chi connectivity index (χ2n) is 4.99. The maximum atomic E-state index is 10.9. The maximum absolute atomic E-state index is 10.9. The van der Waals surface area contributed by atoms with Crippen LogP contribution in [0.4, 0.5) is 5.69 Å². The van der Waals surface area contributed by atoms with E-state index in [1.165, 1.54) is 6.07 Å². The molecule has 0 fully saturated rings. The Morgan fingerprint density at radius 1 is 1.09 bits per heavy atom. The summed E-state index contributed by atoms with van der Waals surface area (Å²) in [4.78, 5) is 10.9. The number of nitrogens with one attached hydrogen (secondary N) is 1. The van der Waals surface area contributed by atoms with Crippen LogP contribution in [-0.2, 0) is 6.54 Å². The van der Waals surface area contributed by atoms with Crippen LogP contribution in [-0.4, -0.2) is 11.1 Å². The quantitative estimate of drug-likeness (QED) is 0.699. The Kier molecular flexibility index (Phi) is 4.35. The molecule has 0 atom stereocenters. The van der Waals surface area contributed by atoms with E-state index in [4.69, 9.17) is 21.1 Å². The average molecular weight is 328 g/mol. The van der Waals surface area contributed by atoms with Gasteiger partial charge in [0.25, 0.3) is 0 Å². The van der Waals surface area contributed by atoms with E-state index in [0.29, 0.717) is 6.54 Å². The van der Waals surface area contributed by atoms with Crippen LogP contribution in [0.3, 0.4) is 0 Å². The molecule has 0 bridgehead atoms. The molecular weight excluding hydrogens is 314 g/mol. The topological polar surface area (TPSA) is 62.5 Å². The Morgan fingerprint density at radius 2 is 1.87 bits per heavy atom. The number of carboxylic acid groups (broad SMARTS) is 1. The minimum atomic E-state index is -1.04. The Hall–Kier alpha value is -2.72. The lowest BCUT2D eigenvalue weighted by atomic mass is 10.2. The second-order valence-corrected chi connectivity index (χ2v) is 5.39. The van der Waals surface area contributed by atoms with Crippen molar-refractivity contribution in [1.29, 1.82) is 0 Å². The molecule has 3 rings (SSSR count). The third kappa shape index (κ3) is 3.55. The standard InChI is InChI=1S/C18H14ClNO3/c19-16-10-13(6-8-15(16)18(21)22)20-11-14-7-9-17(23-14)12-4-2-1-3-5-12/h1-10,20H,11H2,(H,21,22). The highest BCUT2D eigenvalue weighted by atomic mass is 35.5. The first-order chi connectivity index (χ1) is 11.1. The molecule has 2 aromatic carbocycles. The van der Waals surface area contributed by atoms with Crippen molar-refractivity contribution >= 4 is 23.3 Å². The number of benzene rings is 2. The number of carbonyl (C=O) groups is 1. The van der Waals surface area contributed by atoms with E-state index in [1.54, 1.807) is 12.1 Å². The van der Waals surface area contributed by atoms with Gasteiger partial charge in [0.1, 0.15) is 11.5 Å². The van der Waals surface area contributed by atoms with Crippen LogP contribution in [0.2, 0.25) is 5.02 Å². The van der Waals surface area contributed by atoms with Crippen molar-refractivity contribution in [2.75, 3.05) is 5.32 Å².